The number of carbonyl (C=O) groups is 1. The molecule has 0 atom stereocenters. The van der Waals surface area contributed by atoms with Crippen LogP contribution in [0.1, 0.15) is 50.2 Å². The van der Waals surface area contributed by atoms with Crippen molar-refractivity contribution in [3.63, 3.8) is 0 Å². The molecular weight excluding hydrogens is 236 g/mol. The number of rotatable bonds is 4. The first-order valence-electron chi connectivity index (χ1n) is 7.25. The molecule has 0 spiro atoms. The van der Waals surface area contributed by atoms with Gasteiger partial charge in [0.25, 0.3) is 0 Å². The standard InChI is InChI=1S/C16H24N2O/c1-12-8-9-16(18-13(2)19)14(10-12)11-17-15-6-4-3-5-7-15/h8-10,15,17H,3-7,11H2,1-2H3,(H,18,19). The zero-order valence-corrected chi connectivity index (χ0v) is 12.0. The molecule has 1 aliphatic rings. The van der Waals surface area contributed by atoms with Gasteiger partial charge in [0.1, 0.15) is 0 Å². The Bertz CT molecular complexity index is 436. The van der Waals surface area contributed by atoms with Gasteiger partial charge in [0.05, 0.1) is 0 Å². The molecule has 19 heavy (non-hydrogen) atoms. The molecule has 1 saturated carbocycles. The van der Waals surface area contributed by atoms with Crippen LogP contribution >= 0.6 is 0 Å². The maximum Gasteiger partial charge on any atom is 0.221 e. The number of amides is 1. The van der Waals surface area contributed by atoms with Gasteiger partial charge in [-0.3, -0.25) is 4.79 Å². The van der Waals surface area contributed by atoms with Crippen molar-refractivity contribution in [3.8, 4) is 0 Å². The van der Waals surface area contributed by atoms with Gasteiger partial charge in [-0.05, 0) is 31.4 Å². The summed E-state index contributed by atoms with van der Waals surface area (Å²) < 4.78 is 0. The van der Waals surface area contributed by atoms with E-state index < -0.39 is 0 Å². The lowest BCUT2D eigenvalue weighted by molar-refractivity contribution is -0.114. The summed E-state index contributed by atoms with van der Waals surface area (Å²) in [5.74, 6) is -0.0113. The minimum atomic E-state index is -0.0113. The van der Waals surface area contributed by atoms with E-state index >= 15 is 0 Å². The van der Waals surface area contributed by atoms with Crippen LogP contribution in [0.2, 0.25) is 0 Å². The molecule has 1 fully saturated rings. The summed E-state index contributed by atoms with van der Waals surface area (Å²) in [6, 6.07) is 6.82. The highest BCUT2D eigenvalue weighted by Gasteiger charge is 2.13. The summed E-state index contributed by atoms with van der Waals surface area (Å²) in [5, 5.41) is 6.54. The third-order valence-corrected chi connectivity index (χ3v) is 3.76. The number of anilines is 1. The van der Waals surface area contributed by atoms with E-state index in [0.29, 0.717) is 6.04 Å². The Labute approximate surface area is 115 Å². The van der Waals surface area contributed by atoms with E-state index in [1.54, 1.807) is 6.92 Å². The van der Waals surface area contributed by atoms with Crippen LogP contribution in [0.3, 0.4) is 0 Å². The van der Waals surface area contributed by atoms with Crippen molar-refractivity contribution in [2.24, 2.45) is 0 Å². The molecule has 104 valence electrons. The Morgan fingerprint density at radius 2 is 2.00 bits per heavy atom. The average Bonchev–Trinajstić information content (AvgIpc) is 2.40. The SMILES string of the molecule is CC(=O)Nc1ccc(C)cc1CNC1CCCCC1. The molecule has 1 aromatic carbocycles. The number of hydrogen-bond donors (Lipinski definition) is 2. The van der Waals surface area contributed by atoms with Crippen molar-refractivity contribution in [2.45, 2.75) is 58.5 Å². The van der Waals surface area contributed by atoms with E-state index in [1.165, 1.54) is 43.2 Å². The first kappa shape index (κ1) is 14.1. The van der Waals surface area contributed by atoms with E-state index in [4.69, 9.17) is 0 Å². The highest BCUT2D eigenvalue weighted by Crippen LogP contribution is 2.20. The number of aryl methyl sites for hydroxylation is 1. The Balaban J connectivity index is 2.00. The monoisotopic (exact) mass is 260 g/mol. The molecule has 0 heterocycles. The molecule has 0 bridgehead atoms. The van der Waals surface area contributed by atoms with Gasteiger partial charge in [0.2, 0.25) is 5.91 Å². The quantitative estimate of drug-likeness (QED) is 0.871. The largest absolute Gasteiger partial charge is 0.326 e. The van der Waals surface area contributed by atoms with E-state index in [1.807, 2.05) is 12.1 Å². The van der Waals surface area contributed by atoms with Gasteiger partial charge in [0, 0.05) is 25.2 Å². The van der Waals surface area contributed by atoms with Crippen LogP contribution in [0.15, 0.2) is 18.2 Å². The first-order valence-corrected chi connectivity index (χ1v) is 7.25. The van der Waals surface area contributed by atoms with Crippen LogP contribution < -0.4 is 10.6 Å². The minimum Gasteiger partial charge on any atom is -0.326 e. The molecule has 3 nitrogen and oxygen atoms in total. The average molecular weight is 260 g/mol. The van der Waals surface area contributed by atoms with Crippen LogP contribution in [0.4, 0.5) is 5.69 Å². The predicted octanol–water partition coefficient (Wildman–Crippen LogP) is 3.38. The van der Waals surface area contributed by atoms with Crippen LogP contribution in [0.5, 0.6) is 0 Å². The number of nitrogens with one attached hydrogen (secondary N) is 2. The molecule has 0 aliphatic heterocycles. The van der Waals surface area contributed by atoms with Gasteiger partial charge >= 0.3 is 0 Å². The zero-order valence-electron chi connectivity index (χ0n) is 12.0. The van der Waals surface area contributed by atoms with Crippen LogP contribution in [-0.4, -0.2) is 11.9 Å². The predicted molar refractivity (Wildman–Crippen MR) is 79.2 cm³/mol. The van der Waals surface area contributed by atoms with Gasteiger partial charge < -0.3 is 10.6 Å². The molecular formula is C16H24N2O. The Hall–Kier alpha value is -1.35. The molecule has 0 radical (unpaired) electrons. The molecule has 1 aromatic rings. The fourth-order valence-corrected chi connectivity index (χ4v) is 2.74. The van der Waals surface area contributed by atoms with Gasteiger partial charge in [-0.15, -0.1) is 0 Å². The summed E-state index contributed by atoms with van der Waals surface area (Å²) in [6.45, 7) is 4.47. The molecule has 3 heteroatoms. The van der Waals surface area contributed by atoms with Crippen molar-refractivity contribution >= 4 is 11.6 Å². The molecule has 0 saturated heterocycles. The number of hydrogen-bond acceptors (Lipinski definition) is 2. The van der Waals surface area contributed by atoms with Crippen molar-refractivity contribution < 1.29 is 4.79 Å². The van der Waals surface area contributed by atoms with Crippen molar-refractivity contribution in [1.29, 1.82) is 0 Å². The van der Waals surface area contributed by atoms with Crippen molar-refractivity contribution in [2.75, 3.05) is 5.32 Å². The van der Waals surface area contributed by atoms with E-state index in [2.05, 4.69) is 23.6 Å². The molecule has 0 aromatic heterocycles. The normalized spacial score (nSPS) is 16.3. The Morgan fingerprint density at radius 1 is 1.26 bits per heavy atom. The molecule has 2 N–H and O–H groups in total. The molecule has 1 aliphatic carbocycles. The van der Waals surface area contributed by atoms with Gasteiger partial charge in [-0.25, -0.2) is 0 Å². The topological polar surface area (TPSA) is 41.1 Å². The number of carbonyl (C=O) groups excluding carboxylic acids is 1. The first-order chi connectivity index (χ1) is 9.15. The van der Waals surface area contributed by atoms with E-state index in [9.17, 15) is 4.79 Å². The Kier molecular flexibility index (Phi) is 4.97. The van der Waals surface area contributed by atoms with E-state index in [0.717, 1.165) is 12.2 Å². The highest BCUT2D eigenvalue weighted by molar-refractivity contribution is 5.89. The van der Waals surface area contributed by atoms with Crippen molar-refractivity contribution in [3.05, 3.63) is 29.3 Å². The summed E-state index contributed by atoms with van der Waals surface area (Å²) >= 11 is 0. The van der Waals surface area contributed by atoms with Crippen LogP contribution in [-0.2, 0) is 11.3 Å². The lowest BCUT2D eigenvalue weighted by Crippen LogP contribution is -2.30. The fraction of sp³-hybridized carbons (Fsp3) is 0.562. The number of benzene rings is 1. The second kappa shape index (κ2) is 6.71. The summed E-state index contributed by atoms with van der Waals surface area (Å²) in [6.07, 6.45) is 6.61. The van der Waals surface area contributed by atoms with Crippen molar-refractivity contribution in [1.82, 2.24) is 5.32 Å². The highest BCUT2D eigenvalue weighted by atomic mass is 16.1. The maximum atomic E-state index is 11.2. The van der Waals surface area contributed by atoms with E-state index in [-0.39, 0.29) is 5.91 Å². The fourth-order valence-electron chi connectivity index (χ4n) is 2.74. The second-order valence-electron chi connectivity index (χ2n) is 5.56. The smallest absolute Gasteiger partial charge is 0.221 e. The Morgan fingerprint density at radius 3 is 2.68 bits per heavy atom. The van der Waals surface area contributed by atoms with Crippen LogP contribution in [0, 0.1) is 6.92 Å². The second-order valence-corrected chi connectivity index (χ2v) is 5.56. The summed E-state index contributed by atoms with van der Waals surface area (Å²) in [7, 11) is 0. The third kappa shape index (κ3) is 4.35. The summed E-state index contributed by atoms with van der Waals surface area (Å²) in [4.78, 5) is 11.2. The summed E-state index contributed by atoms with van der Waals surface area (Å²) in [5.41, 5.74) is 3.34. The lowest BCUT2D eigenvalue weighted by Gasteiger charge is -2.23. The lowest BCUT2D eigenvalue weighted by atomic mass is 9.95. The molecule has 0 unspecified atom stereocenters. The third-order valence-electron chi connectivity index (χ3n) is 3.76. The van der Waals surface area contributed by atoms with Crippen LogP contribution in [0.25, 0.3) is 0 Å². The van der Waals surface area contributed by atoms with Gasteiger partial charge in [-0.2, -0.15) is 0 Å². The van der Waals surface area contributed by atoms with Gasteiger partial charge in [-0.1, -0.05) is 37.0 Å². The molecule has 1 amide bonds. The van der Waals surface area contributed by atoms with Gasteiger partial charge in [0.15, 0.2) is 0 Å². The maximum absolute atomic E-state index is 11.2. The zero-order chi connectivity index (χ0) is 13.7. The minimum absolute atomic E-state index is 0.0113. The molecule has 2 rings (SSSR count).